The van der Waals surface area contributed by atoms with Gasteiger partial charge >= 0.3 is 0 Å². The van der Waals surface area contributed by atoms with Gasteiger partial charge in [-0.1, -0.05) is 63.4 Å². The molecule has 25 heavy (non-hydrogen) atoms. The van der Waals surface area contributed by atoms with E-state index >= 15 is 0 Å². The lowest BCUT2D eigenvalue weighted by atomic mass is 10.0. The molecule has 0 bridgehead atoms. The predicted octanol–water partition coefficient (Wildman–Crippen LogP) is 5.91. The first-order valence-corrected chi connectivity index (χ1v) is 14.5. The summed E-state index contributed by atoms with van der Waals surface area (Å²) in [5.41, 5.74) is 6.02. The number of hydrogen-bond acceptors (Lipinski definition) is 2. The largest absolute Gasteiger partial charge is 0.396 e. The second-order valence-corrected chi connectivity index (χ2v) is 13.7. The van der Waals surface area contributed by atoms with E-state index in [0.717, 1.165) is 17.7 Å². The summed E-state index contributed by atoms with van der Waals surface area (Å²) in [6, 6.07) is 8.85. The molecule has 0 aliphatic heterocycles. The summed E-state index contributed by atoms with van der Waals surface area (Å²) in [4.78, 5) is 0. The van der Waals surface area contributed by atoms with Crippen LogP contribution in [-0.2, 0) is 6.42 Å². The van der Waals surface area contributed by atoms with Gasteiger partial charge in [0.2, 0.25) is 0 Å². The lowest BCUT2D eigenvalue weighted by molar-refractivity contribution is 0.296. The maximum Gasteiger partial charge on any atom is 0.129 e. The topological polar surface area (TPSA) is 20.2 Å². The Morgan fingerprint density at radius 2 is 1.44 bits per heavy atom. The maximum atomic E-state index is 8.72. The van der Waals surface area contributed by atoms with Crippen LogP contribution in [0.1, 0.15) is 56.1 Å². The van der Waals surface area contributed by atoms with Crippen LogP contribution >= 0.6 is 11.8 Å². The molecule has 1 rings (SSSR count). The molecule has 1 N–H and O–H groups in total. The van der Waals surface area contributed by atoms with Gasteiger partial charge in [-0.15, -0.1) is 5.54 Å². The van der Waals surface area contributed by atoms with Crippen molar-refractivity contribution in [2.75, 3.05) is 18.1 Å². The van der Waals surface area contributed by atoms with Crippen molar-refractivity contribution < 1.29 is 5.11 Å². The summed E-state index contributed by atoms with van der Waals surface area (Å²) >= 11 is 1.98. The minimum absolute atomic E-state index is 0.335. The van der Waals surface area contributed by atoms with E-state index in [4.69, 9.17) is 5.11 Å². The van der Waals surface area contributed by atoms with Crippen LogP contribution < -0.4 is 0 Å². The molecule has 0 amide bonds. The Morgan fingerprint density at radius 1 is 0.840 bits per heavy atom. The Hall–Kier alpha value is -0.693. The molecule has 140 valence electrons. The highest BCUT2D eigenvalue weighted by Gasteiger charge is 2.07. The van der Waals surface area contributed by atoms with E-state index in [-0.39, 0.29) is 0 Å². The van der Waals surface area contributed by atoms with Crippen molar-refractivity contribution in [1.29, 1.82) is 0 Å². The monoisotopic (exact) mass is 376 g/mol. The number of rotatable bonds is 12. The second kappa shape index (κ2) is 13.5. The molecule has 0 saturated heterocycles. The van der Waals surface area contributed by atoms with Gasteiger partial charge in [-0.3, -0.25) is 0 Å². The van der Waals surface area contributed by atoms with Crippen LogP contribution in [0.5, 0.6) is 0 Å². The van der Waals surface area contributed by atoms with E-state index in [1.165, 1.54) is 56.3 Å². The van der Waals surface area contributed by atoms with Crippen molar-refractivity contribution in [2.45, 2.75) is 71.0 Å². The second-order valence-electron chi connectivity index (χ2n) is 7.76. The Balaban J connectivity index is 2.06. The molecular weight excluding hydrogens is 340 g/mol. The standard InChI is InChI=1S/C22H36OSSi/c1-25(2,3)20-16-22-14-12-21(13-15-22)11-8-6-4-5-7-9-18-24-19-10-17-23/h12-15,23H,4-11,17-19H2,1-3H3. The normalized spacial score (nSPS) is 11.2. The van der Waals surface area contributed by atoms with Gasteiger partial charge in [0.25, 0.3) is 0 Å². The molecule has 0 radical (unpaired) electrons. The number of thioether (sulfide) groups is 1. The SMILES string of the molecule is C[Si](C)(C)C#Cc1ccc(CCCCCCCCSCCCO)cc1. The average Bonchev–Trinajstić information content (AvgIpc) is 2.58. The van der Waals surface area contributed by atoms with Gasteiger partial charge in [-0.2, -0.15) is 11.8 Å². The predicted molar refractivity (Wildman–Crippen MR) is 117 cm³/mol. The van der Waals surface area contributed by atoms with Crippen molar-refractivity contribution in [3.8, 4) is 11.5 Å². The molecule has 1 nitrogen and oxygen atoms in total. The first-order chi connectivity index (χ1) is 12.0. The minimum Gasteiger partial charge on any atom is -0.396 e. The number of unbranched alkanes of at least 4 members (excludes halogenated alkanes) is 5. The summed E-state index contributed by atoms with van der Waals surface area (Å²) in [5, 5.41) is 8.72. The molecule has 0 aliphatic carbocycles. The van der Waals surface area contributed by atoms with E-state index in [1.807, 2.05) is 11.8 Å². The summed E-state index contributed by atoms with van der Waals surface area (Å²) < 4.78 is 0. The smallest absolute Gasteiger partial charge is 0.129 e. The third-order valence-corrected chi connectivity index (χ3v) is 6.02. The molecule has 0 unspecified atom stereocenters. The van der Waals surface area contributed by atoms with E-state index < -0.39 is 8.07 Å². The third kappa shape index (κ3) is 13.2. The van der Waals surface area contributed by atoms with Crippen LogP contribution in [0.3, 0.4) is 0 Å². The average molecular weight is 377 g/mol. The van der Waals surface area contributed by atoms with Gasteiger partial charge in [0.05, 0.1) is 0 Å². The molecule has 0 aliphatic rings. The number of hydrogen-bond donors (Lipinski definition) is 1. The highest BCUT2D eigenvalue weighted by Crippen LogP contribution is 2.13. The molecule has 0 heterocycles. The molecule has 3 heteroatoms. The zero-order chi connectivity index (χ0) is 18.4. The summed E-state index contributed by atoms with van der Waals surface area (Å²) in [6.07, 6.45) is 10.2. The molecule has 1 aromatic rings. The van der Waals surface area contributed by atoms with Gasteiger partial charge in [0.15, 0.2) is 0 Å². The fourth-order valence-corrected chi connectivity index (χ4v) is 3.99. The van der Waals surface area contributed by atoms with Crippen molar-refractivity contribution >= 4 is 19.8 Å². The van der Waals surface area contributed by atoms with Crippen LogP contribution in [0.15, 0.2) is 24.3 Å². The Bertz CT molecular complexity index is 508. The van der Waals surface area contributed by atoms with Crippen LogP contribution in [0.2, 0.25) is 19.6 Å². The number of aliphatic hydroxyl groups is 1. The Labute approximate surface area is 161 Å². The van der Waals surface area contributed by atoms with E-state index in [9.17, 15) is 0 Å². The summed E-state index contributed by atoms with van der Waals surface area (Å²) in [7, 11) is -1.27. The van der Waals surface area contributed by atoms with Gasteiger partial charge in [-0.05, 0) is 54.9 Å². The lowest BCUT2D eigenvalue weighted by Crippen LogP contribution is -2.16. The van der Waals surface area contributed by atoms with Gasteiger partial charge < -0.3 is 5.11 Å². The number of aliphatic hydroxyl groups excluding tert-OH is 1. The number of aryl methyl sites for hydroxylation is 1. The Morgan fingerprint density at radius 3 is 2.08 bits per heavy atom. The maximum absolute atomic E-state index is 8.72. The number of benzene rings is 1. The van der Waals surface area contributed by atoms with Crippen molar-refractivity contribution in [2.24, 2.45) is 0 Å². The van der Waals surface area contributed by atoms with Crippen molar-refractivity contribution in [3.63, 3.8) is 0 Å². The van der Waals surface area contributed by atoms with E-state index in [1.54, 1.807) is 0 Å². The van der Waals surface area contributed by atoms with E-state index in [0.29, 0.717) is 6.61 Å². The first kappa shape index (κ1) is 22.3. The van der Waals surface area contributed by atoms with Gasteiger partial charge in [0, 0.05) is 12.2 Å². The lowest BCUT2D eigenvalue weighted by Gasteiger charge is -2.04. The molecule has 0 saturated carbocycles. The van der Waals surface area contributed by atoms with Crippen LogP contribution in [-0.4, -0.2) is 31.3 Å². The molecule has 1 aromatic carbocycles. The highest BCUT2D eigenvalue weighted by molar-refractivity contribution is 7.99. The minimum atomic E-state index is -1.27. The van der Waals surface area contributed by atoms with Gasteiger partial charge in [-0.25, -0.2) is 0 Å². The first-order valence-electron chi connectivity index (χ1n) is 9.82. The van der Waals surface area contributed by atoms with Crippen LogP contribution in [0.25, 0.3) is 0 Å². The van der Waals surface area contributed by atoms with E-state index in [2.05, 4.69) is 55.4 Å². The van der Waals surface area contributed by atoms with Gasteiger partial charge in [0.1, 0.15) is 8.07 Å². The zero-order valence-corrected chi connectivity index (χ0v) is 18.3. The van der Waals surface area contributed by atoms with Crippen LogP contribution in [0, 0.1) is 11.5 Å². The molecule has 0 atom stereocenters. The summed E-state index contributed by atoms with van der Waals surface area (Å²) in [6.45, 7) is 7.18. The fraction of sp³-hybridized carbons (Fsp3) is 0.636. The molecule has 0 aromatic heterocycles. The summed E-state index contributed by atoms with van der Waals surface area (Å²) in [5.74, 6) is 5.69. The molecule has 0 fully saturated rings. The highest BCUT2D eigenvalue weighted by atomic mass is 32.2. The zero-order valence-electron chi connectivity index (χ0n) is 16.4. The fourth-order valence-electron chi connectivity index (χ4n) is 2.52. The van der Waals surface area contributed by atoms with Crippen LogP contribution in [0.4, 0.5) is 0 Å². The third-order valence-electron chi connectivity index (χ3n) is 3.99. The Kier molecular flexibility index (Phi) is 12.1. The quantitative estimate of drug-likeness (QED) is 0.278. The van der Waals surface area contributed by atoms with Crippen molar-refractivity contribution in [1.82, 2.24) is 0 Å². The van der Waals surface area contributed by atoms with Crippen molar-refractivity contribution in [3.05, 3.63) is 35.4 Å². The molecular formula is C22H36OSSi. The molecule has 0 spiro atoms.